The highest BCUT2D eigenvalue weighted by molar-refractivity contribution is 7.99. The minimum Gasteiger partial charge on any atom is -0.355 e. The highest BCUT2D eigenvalue weighted by Gasteiger charge is 2.07. The zero-order chi connectivity index (χ0) is 31.2. The summed E-state index contributed by atoms with van der Waals surface area (Å²) in [4.78, 5) is 2.43. The summed E-state index contributed by atoms with van der Waals surface area (Å²) < 4.78 is 0. The fourth-order valence-corrected chi connectivity index (χ4v) is 6.15. The van der Waals surface area contributed by atoms with Crippen molar-refractivity contribution >= 4 is 57.3 Å². The van der Waals surface area contributed by atoms with Crippen LogP contribution in [0, 0.1) is 27.7 Å². The number of aryl methyl sites for hydroxylation is 4. The van der Waals surface area contributed by atoms with Gasteiger partial charge in [-0.1, -0.05) is 48.2 Å². The summed E-state index contributed by atoms with van der Waals surface area (Å²) in [6, 6.07) is 46.7. The molecule has 6 aromatic rings. The van der Waals surface area contributed by atoms with Gasteiger partial charge in [0.25, 0.3) is 0 Å². The van der Waals surface area contributed by atoms with Crippen molar-refractivity contribution in [3.8, 4) is 0 Å². The summed E-state index contributed by atoms with van der Waals surface area (Å²) in [6.07, 6.45) is 0. The first-order valence-corrected chi connectivity index (χ1v) is 16.0. The molecule has 224 valence electrons. The average molecular weight is 607 g/mol. The number of rotatable bonds is 10. The van der Waals surface area contributed by atoms with E-state index in [-0.39, 0.29) is 0 Å². The summed E-state index contributed by atoms with van der Waals surface area (Å²) in [5.41, 5.74) is 13.6. The Hall–Kier alpha value is -5.13. The van der Waals surface area contributed by atoms with Crippen molar-refractivity contribution in [3.63, 3.8) is 0 Å². The lowest BCUT2D eigenvalue weighted by Crippen LogP contribution is -1.96. The Bertz CT molecular complexity index is 1770. The van der Waals surface area contributed by atoms with Gasteiger partial charge in [0.2, 0.25) is 0 Å². The molecule has 0 atom stereocenters. The number of para-hydroxylation sites is 2. The van der Waals surface area contributed by atoms with Gasteiger partial charge in [0, 0.05) is 55.3 Å². The molecule has 45 heavy (non-hydrogen) atoms. The summed E-state index contributed by atoms with van der Waals surface area (Å²) in [5, 5.41) is 14.1. The van der Waals surface area contributed by atoms with Crippen molar-refractivity contribution in [2.75, 3.05) is 21.3 Å². The Balaban J connectivity index is 1.05. The predicted octanol–water partition coefficient (Wildman–Crippen LogP) is 12.0. The second-order valence-electron chi connectivity index (χ2n) is 11.3. The maximum absolute atomic E-state index is 3.57. The molecule has 0 spiro atoms. The van der Waals surface area contributed by atoms with Crippen molar-refractivity contribution in [2.45, 2.75) is 37.5 Å². The minimum atomic E-state index is 1.06. The Morgan fingerprint density at radius 2 is 0.644 bits per heavy atom. The van der Waals surface area contributed by atoms with E-state index in [1.807, 2.05) is 0 Å². The summed E-state index contributed by atoms with van der Waals surface area (Å²) >= 11 is 1.78. The maximum atomic E-state index is 3.57. The van der Waals surface area contributed by atoms with Gasteiger partial charge in [-0.05, 0) is 147 Å². The van der Waals surface area contributed by atoms with E-state index < -0.39 is 0 Å². The lowest BCUT2D eigenvalue weighted by molar-refractivity contribution is 1.31. The lowest BCUT2D eigenvalue weighted by atomic mass is 10.1. The van der Waals surface area contributed by atoms with Gasteiger partial charge in [0.15, 0.2) is 0 Å². The van der Waals surface area contributed by atoms with Crippen LogP contribution in [-0.2, 0) is 0 Å². The third kappa shape index (κ3) is 7.69. The van der Waals surface area contributed by atoms with Crippen LogP contribution in [0.3, 0.4) is 0 Å². The molecular formula is C40H38N4S. The zero-order valence-electron chi connectivity index (χ0n) is 26.1. The van der Waals surface area contributed by atoms with Crippen LogP contribution in [0.25, 0.3) is 0 Å². The van der Waals surface area contributed by atoms with Gasteiger partial charge >= 0.3 is 0 Å². The van der Waals surface area contributed by atoms with Crippen LogP contribution in [0.4, 0.5) is 45.5 Å². The van der Waals surface area contributed by atoms with Gasteiger partial charge < -0.3 is 21.3 Å². The van der Waals surface area contributed by atoms with Crippen molar-refractivity contribution in [1.29, 1.82) is 0 Å². The second-order valence-corrected chi connectivity index (χ2v) is 12.5. The van der Waals surface area contributed by atoms with Gasteiger partial charge in [-0.2, -0.15) is 0 Å². The molecule has 6 rings (SSSR count). The van der Waals surface area contributed by atoms with E-state index in [0.717, 1.165) is 45.5 Å². The van der Waals surface area contributed by atoms with Gasteiger partial charge in [-0.3, -0.25) is 0 Å². The van der Waals surface area contributed by atoms with Gasteiger partial charge in [0.05, 0.1) is 0 Å². The molecule has 0 aromatic heterocycles. The average Bonchev–Trinajstić information content (AvgIpc) is 3.04. The highest BCUT2D eigenvalue weighted by atomic mass is 32.2. The van der Waals surface area contributed by atoms with Crippen molar-refractivity contribution < 1.29 is 0 Å². The van der Waals surface area contributed by atoms with Crippen molar-refractivity contribution in [1.82, 2.24) is 0 Å². The monoisotopic (exact) mass is 606 g/mol. The lowest BCUT2D eigenvalue weighted by Gasteiger charge is -2.14. The summed E-state index contributed by atoms with van der Waals surface area (Å²) in [7, 11) is 0. The smallest absolute Gasteiger partial charge is 0.0414 e. The molecule has 5 heteroatoms. The van der Waals surface area contributed by atoms with Crippen LogP contribution >= 0.6 is 11.8 Å². The maximum Gasteiger partial charge on any atom is 0.0414 e. The number of hydrogen-bond donors (Lipinski definition) is 4. The molecule has 0 unspecified atom stereocenters. The first-order chi connectivity index (χ1) is 21.9. The Labute approximate surface area is 270 Å². The van der Waals surface area contributed by atoms with Gasteiger partial charge in [-0.25, -0.2) is 0 Å². The SMILES string of the molecule is Cc1ccccc1Nc1ccc(Nc2ccc(Sc3ccc(Nc4ccc(Nc5ccccc5C)cc4)c(C)c3)cc2C)cc1. The fraction of sp³-hybridized carbons (Fsp3) is 0.100. The fourth-order valence-electron chi connectivity index (χ4n) is 5.14. The number of anilines is 8. The molecular weight excluding hydrogens is 569 g/mol. The highest BCUT2D eigenvalue weighted by Crippen LogP contribution is 2.34. The Kier molecular flexibility index (Phi) is 9.09. The molecule has 0 aliphatic carbocycles. The molecule has 0 bridgehead atoms. The van der Waals surface area contributed by atoms with E-state index in [1.54, 1.807) is 11.8 Å². The predicted molar refractivity (Wildman–Crippen MR) is 195 cm³/mol. The molecule has 0 fully saturated rings. The normalized spacial score (nSPS) is 10.8. The quantitative estimate of drug-likeness (QED) is 0.125. The molecule has 4 N–H and O–H groups in total. The van der Waals surface area contributed by atoms with E-state index in [4.69, 9.17) is 0 Å². The molecule has 0 saturated carbocycles. The third-order valence-corrected chi connectivity index (χ3v) is 8.79. The van der Waals surface area contributed by atoms with Crippen molar-refractivity contribution in [3.05, 3.63) is 156 Å². The molecule has 0 saturated heterocycles. The summed E-state index contributed by atoms with van der Waals surface area (Å²) in [5.74, 6) is 0. The van der Waals surface area contributed by atoms with Crippen LogP contribution in [0.1, 0.15) is 22.3 Å². The van der Waals surface area contributed by atoms with E-state index >= 15 is 0 Å². The van der Waals surface area contributed by atoms with Crippen LogP contribution < -0.4 is 21.3 Å². The number of nitrogens with one attached hydrogen (secondary N) is 4. The van der Waals surface area contributed by atoms with E-state index in [2.05, 4.69) is 182 Å². The molecule has 4 nitrogen and oxygen atoms in total. The summed E-state index contributed by atoms with van der Waals surface area (Å²) in [6.45, 7) is 8.54. The van der Waals surface area contributed by atoms with Crippen LogP contribution in [0.5, 0.6) is 0 Å². The van der Waals surface area contributed by atoms with Gasteiger partial charge in [-0.15, -0.1) is 0 Å². The van der Waals surface area contributed by atoms with Crippen LogP contribution in [-0.4, -0.2) is 0 Å². The largest absolute Gasteiger partial charge is 0.355 e. The van der Waals surface area contributed by atoms with Crippen LogP contribution in [0.2, 0.25) is 0 Å². The zero-order valence-corrected chi connectivity index (χ0v) is 26.9. The third-order valence-electron chi connectivity index (χ3n) is 7.81. The van der Waals surface area contributed by atoms with E-state index in [9.17, 15) is 0 Å². The Morgan fingerprint density at radius 1 is 0.333 bits per heavy atom. The molecule has 6 aromatic carbocycles. The molecule has 0 aliphatic heterocycles. The standard InChI is InChI=1S/C40H38N4S/c1-27-9-5-7-11-37(27)41-31-13-17-33(18-14-31)43-39-23-21-35(25-29(39)3)45-36-22-24-40(30(4)26-36)44-34-19-15-32(16-20-34)42-38-12-8-6-10-28(38)2/h5-26,41-44H,1-4H3. The van der Waals surface area contributed by atoms with Crippen LogP contribution in [0.15, 0.2) is 143 Å². The number of benzene rings is 6. The minimum absolute atomic E-state index is 1.06. The molecule has 0 aliphatic rings. The van der Waals surface area contributed by atoms with E-state index in [1.165, 1.54) is 32.0 Å². The second kappa shape index (κ2) is 13.7. The molecule has 0 heterocycles. The topological polar surface area (TPSA) is 48.1 Å². The number of hydrogen-bond acceptors (Lipinski definition) is 5. The molecule has 0 amide bonds. The first-order valence-electron chi connectivity index (χ1n) is 15.2. The molecule has 0 radical (unpaired) electrons. The Morgan fingerprint density at radius 3 is 0.956 bits per heavy atom. The van der Waals surface area contributed by atoms with Crippen molar-refractivity contribution in [2.24, 2.45) is 0 Å². The first kappa shape index (κ1) is 29.9. The van der Waals surface area contributed by atoms with Gasteiger partial charge in [0.1, 0.15) is 0 Å². The van der Waals surface area contributed by atoms with E-state index in [0.29, 0.717) is 0 Å².